The van der Waals surface area contributed by atoms with Gasteiger partial charge in [0, 0.05) is 44.6 Å². The van der Waals surface area contributed by atoms with Gasteiger partial charge in [-0.3, -0.25) is 4.99 Å². The van der Waals surface area contributed by atoms with Crippen LogP contribution in [0.4, 0.5) is 0 Å². The van der Waals surface area contributed by atoms with Gasteiger partial charge in [0.05, 0.1) is 10.7 Å². The van der Waals surface area contributed by atoms with E-state index >= 15 is 0 Å². The molecule has 0 atom stereocenters. The SMILES string of the molecule is CCCCOCCCN=C(NCC)NCCc1csc(C)n1.I. The molecule has 0 amide bonds. The summed E-state index contributed by atoms with van der Waals surface area (Å²) in [6.45, 7) is 10.5. The highest BCUT2D eigenvalue weighted by molar-refractivity contribution is 14.0. The molecule has 2 N–H and O–H groups in total. The number of halogens is 1. The van der Waals surface area contributed by atoms with Gasteiger partial charge in [0.15, 0.2) is 5.96 Å². The standard InChI is InChI=1S/C16H30N4OS.HI/c1-4-6-11-21-12-7-9-18-16(17-5-2)19-10-8-15-13-22-14(3)20-15;/h13H,4-12H2,1-3H3,(H2,17,18,19);1H. The summed E-state index contributed by atoms with van der Waals surface area (Å²) in [6.07, 6.45) is 4.22. The van der Waals surface area contributed by atoms with Gasteiger partial charge in [-0.2, -0.15) is 0 Å². The van der Waals surface area contributed by atoms with Gasteiger partial charge in [0.1, 0.15) is 0 Å². The average molecular weight is 454 g/mol. The molecule has 0 saturated heterocycles. The molecule has 23 heavy (non-hydrogen) atoms. The Balaban J connectivity index is 0.00000484. The molecule has 1 aromatic heterocycles. The second-order valence-electron chi connectivity index (χ2n) is 5.11. The number of ether oxygens (including phenoxy) is 1. The maximum absolute atomic E-state index is 5.54. The van der Waals surface area contributed by atoms with Gasteiger partial charge in [-0.25, -0.2) is 4.98 Å². The lowest BCUT2D eigenvalue weighted by molar-refractivity contribution is 0.130. The Morgan fingerprint density at radius 2 is 2.04 bits per heavy atom. The summed E-state index contributed by atoms with van der Waals surface area (Å²) in [7, 11) is 0. The number of guanidine groups is 1. The highest BCUT2D eigenvalue weighted by atomic mass is 127. The van der Waals surface area contributed by atoms with Crippen LogP contribution < -0.4 is 10.6 Å². The summed E-state index contributed by atoms with van der Waals surface area (Å²) < 4.78 is 5.54. The molecule has 0 aromatic carbocycles. The average Bonchev–Trinajstić information content (AvgIpc) is 2.92. The lowest BCUT2D eigenvalue weighted by atomic mass is 10.3. The summed E-state index contributed by atoms with van der Waals surface area (Å²) in [5.74, 6) is 0.878. The number of rotatable bonds is 11. The zero-order valence-electron chi connectivity index (χ0n) is 14.6. The van der Waals surface area contributed by atoms with Crippen LogP contribution in [0.5, 0.6) is 0 Å². The van der Waals surface area contributed by atoms with E-state index in [1.807, 2.05) is 6.92 Å². The predicted molar refractivity (Wildman–Crippen MR) is 110 cm³/mol. The number of hydrogen-bond acceptors (Lipinski definition) is 4. The molecule has 0 aliphatic rings. The highest BCUT2D eigenvalue weighted by Gasteiger charge is 2.00. The fourth-order valence-electron chi connectivity index (χ4n) is 1.88. The molecule has 0 aliphatic heterocycles. The van der Waals surface area contributed by atoms with E-state index in [-0.39, 0.29) is 24.0 Å². The van der Waals surface area contributed by atoms with Gasteiger partial charge in [-0.05, 0) is 26.7 Å². The molecule has 1 heterocycles. The van der Waals surface area contributed by atoms with Crippen molar-refractivity contribution in [3.63, 3.8) is 0 Å². The van der Waals surface area contributed by atoms with Crippen molar-refractivity contribution in [2.24, 2.45) is 4.99 Å². The molecule has 0 radical (unpaired) electrons. The number of hydrogen-bond donors (Lipinski definition) is 2. The van der Waals surface area contributed by atoms with Gasteiger partial charge < -0.3 is 15.4 Å². The Morgan fingerprint density at radius 1 is 1.26 bits per heavy atom. The third kappa shape index (κ3) is 11.7. The number of nitrogens with one attached hydrogen (secondary N) is 2. The quantitative estimate of drug-likeness (QED) is 0.233. The smallest absolute Gasteiger partial charge is 0.191 e. The van der Waals surface area contributed by atoms with E-state index in [1.54, 1.807) is 11.3 Å². The zero-order valence-corrected chi connectivity index (χ0v) is 17.7. The largest absolute Gasteiger partial charge is 0.381 e. The van der Waals surface area contributed by atoms with E-state index in [1.165, 1.54) is 6.42 Å². The van der Waals surface area contributed by atoms with Gasteiger partial charge >= 0.3 is 0 Å². The van der Waals surface area contributed by atoms with Gasteiger partial charge in [-0.1, -0.05) is 13.3 Å². The first kappa shape index (κ1) is 22.6. The van der Waals surface area contributed by atoms with Crippen molar-refractivity contribution in [1.82, 2.24) is 15.6 Å². The molecule has 0 aliphatic carbocycles. The predicted octanol–water partition coefficient (Wildman–Crippen LogP) is 3.37. The Labute approximate surface area is 161 Å². The molecule has 0 saturated carbocycles. The van der Waals surface area contributed by atoms with Crippen molar-refractivity contribution < 1.29 is 4.74 Å². The van der Waals surface area contributed by atoms with E-state index < -0.39 is 0 Å². The van der Waals surface area contributed by atoms with Crippen LogP contribution in [0.3, 0.4) is 0 Å². The molecular weight excluding hydrogens is 423 g/mol. The summed E-state index contributed by atoms with van der Waals surface area (Å²) in [5, 5.41) is 9.86. The molecule has 0 bridgehead atoms. The van der Waals surface area contributed by atoms with E-state index in [9.17, 15) is 0 Å². The van der Waals surface area contributed by atoms with Crippen LogP contribution in [0.25, 0.3) is 0 Å². The summed E-state index contributed by atoms with van der Waals surface area (Å²) >= 11 is 1.70. The first-order chi connectivity index (χ1) is 10.8. The van der Waals surface area contributed by atoms with Crippen molar-refractivity contribution in [3.05, 3.63) is 16.1 Å². The van der Waals surface area contributed by atoms with Crippen LogP contribution in [0, 0.1) is 6.92 Å². The van der Waals surface area contributed by atoms with Crippen LogP contribution in [-0.4, -0.2) is 43.8 Å². The molecule has 0 spiro atoms. The molecule has 5 nitrogen and oxygen atoms in total. The van der Waals surface area contributed by atoms with Gasteiger partial charge in [0.25, 0.3) is 0 Å². The molecule has 134 valence electrons. The molecule has 0 fully saturated rings. The summed E-state index contributed by atoms with van der Waals surface area (Å²) in [4.78, 5) is 9.03. The van der Waals surface area contributed by atoms with E-state index in [0.29, 0.717) is 0 Å². The van der Waals surface area contributed by atoms with Crippen LogP contribution in [0.15, 0.2) is 10.4 Å². The van der Waals surface area contributed by atoms with Crippen molar-refractivity contribution in [2.75, 3.05) is 32.8 Å². The Morgan fingerprint density at radius 3 is 2.70 bits per heavy atom. The Bertz CT molecular complexity index is 426. The molecule has 0 unspecified atom stereocenters. The lowest BCUT2D eigenvalue weighted by Crippen LogP contribution is -2.38. The Kier molecular flexibility index (Phi) is 14.9. The Hall–Kier alpha value is -0.410. The number of aromatic nitrogens is 1. The first-order valence-corrected chi connectivity index (χ1v) is 9.15. The number of thiazole rings is 1. The maximum atomic E-state index is 5.54. The monoisotopic (exact) mass is 454 g/mol. The summed E-state index contributed by atoms with van der Waals surface area (Å²) in [6, 6.07) is 0. The van der Waals surface area contributed by atoms with Crippen LogP contribution in [0.2, 0.25) is 0 Å². The van der Waals surface area contributed by atoms with Crippen molar-refractivity contribution >= 4 is 41.3 Å². The minimum atomic E-state index is 0. The van der Waals surface area contributed by atoms with E-state index in [2.05, 4.69) is 39.8 Å². The topological polar surface area (TPSA) is 58.5 Å². The third-order valence-corrected chi connectivity index (χ3v) is 3.87. The zero-order chi connectivity index (χ0) is 16.0. The van der Waals surface area contributed by atoms with Crippen LogP contribution in [0.1, 0.15) is 43.8 Å². The van der Waals surface area contributed by atoms with Crippen molar-refractivity contribution in [2.45, 2.75) is 46.5 Å². The molecular formula is C16H31IN4OS. The fraction of sp³-hybridized carbons (Fsp3) is 0.750. The second-order valence-corrected chi connectivity index (χ2v) is 6.18. The van der Waals surface area contributed by atoms with Crippen LogP contribution in [-0.2, 0) is 11.2 Å². The second kappa shape index (κ2) is 15.1. The number of aliphatic imine (C=N–C) groups is 1. The normalized spacial score (nSPS) is 11.2. The van der Waals surface area contributed by atoms with Gasteiger partial charge in [0.2, 0.25) is 0 Å². The number of unbranched alkanes of at least 4 members (excludes halogenated alkanes) is 1. The van der Waals surface area contributed by atoms with Crippen molar-refractivity contribution in [1.29, 1.82) is 0 Å². The lowest BCUT2D eigenvalue weighted by Gasteiger charge is -2.10. The van der Waals surface area contributed by atoms with Crippen molar-refractivity contribution in [3.8, 4) is 0 Å². The molecule has 1 rings (SSSR count). The minimum Gasteiger partial charge on any atom is -0.381 e. The fourth-order valence-corrected chi connectivity index (χ4v) is 2.53. The molecule has 7 heteroatoms. The maximum Gasteiger partial charge on any atom is 0.191 e. The minimum absolute atomic E-state index is 0. The number of aryl methyl sites for hydroxylation is 1. The first-order valence-electron chi connectivity index (χ1n) is 8.27. The highest BCUT2D eigenvalue weighted by Crippen LogP contribution is 2.07. The van der Waals surface area contributed by atoms with E-state index in [0.717, 1.165) is 68.8 Å². The number of nitrogens with zero attached hydrogens (tertiary/aromatic N) is 2. The molecule has 1 aromatic rings. The van der Waals surface area contributed by atoms with Crippen LogP contribution >= 0.6 is 35.3 Å². The third-order valence-electron chi connectivity index (χ3n) is 3.04. The summed E-state index contributed by atoms with van der Waals surface area (Å²) in [5.41, 5.74) is 1.15. The van der Waals surface area contributed by atoms with E-state index in [4.69, 9.17) is 4.74 Å². The van der Waals surface area contributed by atoms with Gasteiger partial charge in [-0.15, -0.1) is 35.3 Å².